The monoisotopic (exact) mass is 476 g/mol. The first-order valence-corrected chi connectivity index (χ1v) is 11.2. The molecule has 0 aromatic heterocycles. The number of carbonyl (C=O) groups is 2. The third-order valence-corrected chi connectivity index (χ3v) is 5.65. The molecule has 2 aromatic rings. The van der Waals surface area contributed by atoms with Crippen LogP contribution in [0.2, 0.25) is 5.02 Å². The highest BCUT2D eigenvalue weighted by molar-refractivity contribution is 6.31. The highest BCUT2D eigenvalue weighted by atomic mass is 35.5. The molecule has 0 fully saturated rings. The minimum atomic E-state index is -0.540. The Balaban J connectivity index is 1.98. The average molecular weight is 477 g/mol. The smallest absolute Gasteiger partial charge is 0.322 e. The molecular formula is C24H29ClN2O6. The average Bonchev–Trinajstić information content (AvgIpc) is 2.80. The normalized spacial score (nSPS) is 14.8. The number of hydrogen-bond donors (Lipinski definition) is 1. The van der Waals surface area contributed by atoms with Crippen LogP contribution in [0.1, 0.15) is 37.4 Å². The van der Waals surface area contributed by atoms with Crippen molar-refractivity contribution in [1.82, 2.24) is 4.90 Å². The predicted octanol–water partition coefficient (Wildman–Crippen LogP) is 4.84. The van der Waals surface area contributed by atoms with Gasteiger partial charge in [0.2, 0.25) is 0 Å². The first kappa shape index (κ1) is 24.5. The fourth-order valence-corrected chi connectivity index (χ4v) is 4.09. The zero-order valence-corrected chi connectivity index (χ0v) is 20.0. The summed E-state index contributed by atoms with van der Waals surface area (Å²) in [4.78, 5) is 27.2. The first-order chi connectivity index (χ1) is 15.9. The molecular weight excluding hydrogens is 448 g/mol. The molecule has 0 saturated carbocycles. The highest BCUT2D eigenvalue weighted by Gasteiger charge is 2.34. The van der Waals surface area contributed by atoms with Crippen LogP contribution in [-0.4, -0.2) is 50.9 Å². The van der Waals surface area contributed by atoms with E-state index in [1.807, 2.05) is 26.0 Å². The van der Waals surface area contributed by atoms with Crippen molar-refractivity contribution in [2.45, 2.75) is 32.7 Å². The molecule has 0 spiro atoms. The van der Waals surface area contributed by atoms with Gasteiger partial charge >= 0.3 is 12.0 Å². The van der Waals surface area contributed by atoms with Crippen LogP contribution in [0.4, 0.5) is 10.5 Å². The van der Waals surface area contributed by atoms with Gasteiger partial charge in [0.1, 0.15) is 5.75 Å². The topological polar surface area (TPSA) is 86.3 Å². The lowest BCUT2D eigenvalue weighted by molar-refractivity contribution is -0.141. The Kier molecular flexibility index (Phi) is 8.27. The molecule has 1 heterocycles. The molecule has 178 valence electrons. The maximum atomic E-state index is 13.3. The zero-order chi connectivity index (χ0) is 24.0. The van der Waals surface area contributed by atoms with Gasteiger partial charge in [-0.2, -0.15) is 0 Å². The summed E-state index contributed by atoms with van der Waals surface area (Å²) in [5.74, 6) is 1.29. The molecule has 1 aliphatic rings. The van der Waals surface area contributed by atoms with Gasteiger partial charge in [-0.25, -0.2) is 4.79 Å². The van der Waals surface area contributed by atoms with Gasteiger partial charge in [-0.3, -0.25) is 4.79 Å². The number of methoxy groups -OCH3 is 2. The van der Waals surface area contributed by atoms with E-state index in [9.17, 15) is 9.59 Å². The van der Waals surface area contributed by atoms with Crippen molar-refractivity contribution in [2.24, 2.45) is 0 Å². The predicted molar refractivity (Wildman–Crippen MR) is 126 cm³/mol. The largest absolute Gasteiger partial charge is 0.495 e. The number of carbonyl (C=O) groups excluding carboxylic acids is 2. The molecule has 3 rings (SSSR count). The van der Waals surface area contributed by atoms with E-state index in [1.54, 1.807) is 23.1 Å². The molecule has 1 atom stereocenters. The van der Waals surface area contributed by atoms with Gasteiger partial charge in [-0.15, -0.1) is 0 Å². The van der Waals surface area contributed by atoms with Gasteiger partial charge in [0.05, 0.1) is 45.6 Å². The first-order valence-electron chi connectivity index (χ1n) is 10.8. The molecule has 33 heavy (non-hydrogen) atoms. The number of nitrogens with zero attached hydrogens (tertiary/aromatic N) is 1. The minimum absolute atomic E-state index is 0.00312. The fourth-order valence-electron chi connectivity index (χ4n) is 3.92. The van der Waals surface area contributed by atoms with Crippen molar-refractivity contribution in [2.75, 3.05) is 39.3 Å². The Morgan fingerprint density at radius 2 is 1.76 bits per heavy atom. The number of ether oxygens (including phenoxy) is 4. The van der Waals surface area contributed by atoms with Crippen LogP contribution in [0, 0.1) is 0 Å². The molecule has 2 amide bonds. The van der Waals surface area contributed by atoms with E-state index in [0.717, 1.165) is 11.1 Å². The van der Waals surface area contributed by atoms with Crippen LogP contribution in [0.25, 0.3) is 0 Å². The summed E-state index contributed by atoms with van der Waals surface area (Å²) in [6, 6.07) is 7.85. The quantitative estimate of drug-likeness (QED) is 0.548. The van der Waals surface area contributed by atoms with Crippen LogP contribution in [0.3, 0.4) is 0 Å². The van der Waals surface area contributed by atoms with E-state index >= 15 is 0 Å². The molecule has 8 nitrogen and oxygen atoms in total. The zero-order valence-electron chi connectivity index (χ0n) is 19.3. The lowest BCUT2D eigenvalue weighted by Crippen LogP contribution is -2.43. The Hall–Kier alpha value is -3.13. The Morgan fingerprint density at radius 1 is 1.06 bits per heavy atom. The number of halogens is 1. The van der Waals surface area contributed by atoms with Gasteiger partial charge < -0.3 is 29.2 Å². The standard InChI is InChI=1S/C24H29ClN2O6/c1-5-32-21-11-15-9-10-27(24(29)26-18-12-16(25)7-8-20(18)30-3)19(14-23(28)31-4)17(15)13-22(21)33-6-2/h7-8,11-13,19H,5-6,9-10,14H2,1-4H3,(H,26,29)/t19-/m1/s1. The maximum Gasteiger partial charge on any atom is 0.322 e. The third-order valence-electron chi connectivity index (χ3n) is 5.41. The molecule has 0 saturated heterocycles. The van der Waals surface area contributed by atoms with Gasteiger partial charge in [0.25, 0.3) is 0 Å². The van der Waals surface area contributed by atoms with Gasteiger partial charge in [0, 0.05) is 11.6 Å². The summed E-state index contributed by atoms with van der Waals surface area (Å²) in [7, 11) is 2.85. The van der Waals surface area contributed by atoms with Crippen molar-refractivity contribution in [3.05, 3.63) is 46.5 Å². The van der Waals surface area contributed by atoms with Crippen molar-refractivity contribution >= 4 is 29.3 Å². The molecule has 9 heteroatoms. The van der Waals surface area contributed by atoms with E-state index in [0.29, 0.717) is 54.1 Å². The molecule has 2 aromatic carbocycles. The number of anilines is 1. The second-order valence-electron chi connectivity index (χ2n) is 7.38. The number of amides is 2. The van der Waals surface area contributed by atoms with Crippen LogP contribution >= 0.6 is 11.6 Å². The second kappa shape index (κ2) is 11.1. The molecule has 1 N–H and O–H groups in total. The van der Waals surface area contributed by atoms with E-state index in [2.05, 4.69) is 5.32 Å². The minimum Gasteiger partial charge on any atom is -0.495 e. The van der Waals surface area contributed by atoms with Crippen molar-refractivity contribution in [3.63, 3.8) is 0 Å². The summed E-state index contributed by atoms with van der Waals surface area (Å²) in [5, 5.41) is 3.33. The Bertz CT molecular complexity index is 1010. The molecule has 0 unspecified atom stereocenters. The van der Waals surface area contributed by atoms with Crippen molar-refractivity contribution in [1.29, 1.82) is 0 Å². The maximum absolute atomic E-state index is 13.3. The number of fused-ring (bicyclic) bond motifs is 1. The van der Waals surface area contributed by atoms with E-state index in [4.69, 9.17) is 30.5 Å². The summed E-state index contributed by atoms with van der Waals surface area (Å²) < 4.78 is 21.8. The molecule has 0 aliphatic carbocycles. The van der Waals surface area contributed by atoms with Crippen LogP contribution in [0.5, 0.6) is 17.2 Å². The number of hydrogen-bond acceptors (Lipinski definition) is 6. The van der Waals surface area contributed by atoms with Crippen LogP contribution < -0.4 is 19.5 Å². The number of urea groups is 1. The second-order valence-corrected chi connectivity index (χ2v) is 7.81. The number of rotatable bonds is 8. The van der Waals surface area contributed by atoms with Crippen molar-refractivity contribution in [3.8, 4) is 17.2 Å². The van der Waals surface area contributed by atoms with E-state index < -0.39 is 12.0 Å². The number of nitrogens with one attached hydrogen (secondary N) is 1. The molecule has 0 bridgehead atoms. The fraction of sp³-hybridized carbons (Fsp3) is 0.417. The van der Waals surface area contributed by atoms with Crippen LogP contribution in [0.15, 0.2) is 30.3 Å². The highest BCUT2D eigenvalue weighted by Crippen LogP contribution is 2.40. The summed E-state index contributed by atoms with van der Waals surface area (Å²) >= 11 is 6.11. The Morgan fingerprint density at radius 3 is 2.39 bits per heavy atom. The van der Waals surface area contributed by atoms with Crippen LogP contribution in [-0.2, 0) is 16.0 Å². The Labute approximate surface area is 198 Å². The lowest BCUT2D eigenvalue weighted by Gasteiger charge is -2.37. The summed E-state index contributed by atoms with van der Waals surface area (Å²) in [5.41, 5.74) is 2.27. The summed E-state index contributed by atoms with van der Waals surface area (Å²) in [6.45, 7) is 5.16. The summed E-state index contributed by atoms with van der Waals surface area (Å²) in [6.07, 6.45) is 0.600. The van der Waals surface area contributed by atoms with E-state index in [1.165, 1.54) is 14.2 Å². The molecule has 1 aliphatic heterocycles. The third kappa shape index (κ3) is 5.63. The lowest BCUT2D eigenvalue weighted by atomic mass is 9.90. The SMILES string of the molecule is CCOc1cc2c(cc1OCC)[C@@H](CC(=O)OC)N(C(=O)Nc1cc(Cl)ccc1OC)CC2. The van der Waals surface area contributed by atoms with Crippen molar-refractivity contribution < 1.29 is 28.5 Å². The van der Waals surface area contributed by atoms with E-state index in [-0.39, 0.29) is 12.5 Å². The van der Waals surface area contributed by atoms with Gasteiger partial charge in [-0.1, -0.05) is 11.6 Å². The number of benzene rings is 2. The van der Waals surface area contributed by atoms with Gasteiger partial charge in [0.15, 0.2) is 11.5 Å². The number of esters is 1. The molecule has 0 radical (unpaired) electrons. The van der Waals surface area contributed by atoms with Gasteiger partial charge in [-0.05, 0) is 61.7 Å².